The van der Waals surface area contributed by atoms with Crippen molar-refractivity contribution in [2.45, 2.75) is 43.6 Å². The summed E-state index contributed by atoms with van der Waals surface area (Å²) in [4.78, 5) is 14.5. The normalized spacial score (nSPS) is 34.0. The third-order valence-corrected chi connectivity index (χ3v) is 6.18. The van der Waals surface area contributed by atoms with Crippen LogP contribution in [0.2, 0.25) is 0 Å². The van der Waals surface area contributed by atoms with Crippen LogP contribution < -0.4 is 4.74 Å². The van der Waals surface area contributed by atoms with Crippen LogP contribution in [-0.2, 0) is 14.3 Å². The molecule has 0 amide bonds. The molecule has 5 heteroatoms. The van der Waals surface area contributed by atoms with Gasteiger partial charge in [-0.05, 0) is 30.6 Å². The zero-order valence-corrected chi connectivity index (χ0v) is 14.4. The second-order valence-corrected chi connectivity index (χ2v) is 7.50. The fourth-order valence-electron chi connectivity index (χ4n) is 4.91. The van der Waals surface area contributed by atoms with E-state index in [0.717, 1.165) is 37.2 Å². The van der Waals surface area contributed by atoms with Crippen LogP contribution in [0.15, 0.2) is 29.8 Å². The van der Waals surface area contributed by atoms with Crippen LogP contribution >= 0.6 is 0 Å². The molecule has 2 saturated heterocycles. The highest BCUT2D eigenvalue weighted by molar-refractivity contribution is 5.79. The van der Waals surface area contributed by atoms with Crippen molar-refractivity contribution < 1.29 is 19.0 Å². The Kier molecular flexibility index (Phi) is 3.44. The first-order chi connectivity index (χ1) is 12.2. The van der Waals surface area contributed by atoms with Gasteiger partial charge in [0.1, 0.15) is 11.9 Å². The molecule has 4 aliphatic rings. The number of esters is 1. The van der Waals surface area contributed by atoms with E-state index < -0.39 is 11.8 Å². The Bertz CT molecular complexity index is 739. The molecular formula is C20H23NO4. The van der Waals surface area contributed by atoms with Gasteiger partial charge in [-0.15, -0.1) is 0 Å². The molecule has 5 nitrogen and oxygen atoms in total. The van der Waals surface area contributed by atoms with E-state index >= 15 is 0 Å². The highest BCUT2D eigenvalue weighted by Gasteiger charge is 2.70. The van der Waals surface area contributed by atoms with Gasteiger partial charge in [0.2, 0.25) is 0 Å². The van der Waals surface area contributed by atoms with Gasteiger partial charge in [0.15, 0.2) is 11.8 Å². The van der Waals surface area contributed by atoms with Crippen molar-refractivity contribution in [3.05, 3.63) is 35.4 Å². The molecule has 2 unspecified atom stereocenters. The summed E-state index contributed by atoms with van der Waals surface area (Å²) in [5.41, 5.74) is 1.92. The Morgan fingerprint density at radius 2 is 2.08 bits per heavy atom. The number of epoxide rings is 1. The number of hydrogen-bond acceptors (Lipinski definition) is 5. The van der Waals surface area contributed by atoms with E-state index in [1.54, 1.807) is 0 Å². The van der Waals surface area contributed by atoms with Gasteiger partial charge in [0, 0.05) is 24.6 Å². The molecule has 0 radical (unpaired) electrons. The van der Waals surface area contributed by atoms with Crippen LogP contribution in [0.3, 0.4) is 0 Å². The van der Waals surface area contributed by atoms with Crippen LogP contribution in [0.25, 0.3) is 6.08 Å². The number of ether oxygens (including phenoxy) is 3. The predicted molar refractivity (Wildman–Crippen MR) is 92.0 cm³/mol. The van der Waals surface area contributed by atoms with Gasteiger partial charge >= 0.3 is 5.97 Å². The Hall–Kier alpha value is -1.85. The van der Waals surface area contributed by atoms with E-state index in [2.05, 4.69) is 17.0 Å². The van der Waals surface area contributed by atoms with Crippen molar-refractivity contribution in [3.8, 4) is 5.75 Å². The van der Waals surface area contributed by atoms with Crippen molar-refractivity contribution in [2.24, 2.45) is 5.92 Å². The van der Waals surface area contributed by atoms with Gasteiger partial charge in [-0.25, -0.2) is 4.79 Å². The number of carbonyl (C=O) groups excluding carboxylic acids is 1. The summed E-state index contributed by atoms with van der Waals surface area (Å²) in [6.07, 6.45) is 6.50. The topological polar surface area (TPSA) is 51.3 Å². The van der Waals surface area contributed by atoms with Gasteiger partial charge in [0.05, 0.1) is 7.11 Å². The minimum atomic E-state index is -0.489. The summed E-state index contributed by atoms with van der Waals surface area (Å²) in [5, 5.41) is 0. The van der Waals surface area contributed by atoms with Crippen molar-refractivity contribution in [1.29, 1.82) is 0 Å². The maximum absolute atomic E-state index is 12.2. The second kappa shape index (κ2) is 5.58. The predicted octanol–water partition coefficient (Wildman–Crippen LogP) is 2.60. The molecule has 0 N–H and O–H groups in total. The first-order valence-electron chi connectivity index (χ1n) is 9.19. The number of fused-ring (bicyclic) bond motifs is 2. The number of carbonyl (C=O) groups is 1. The molecule has 0 spiro atoms. The van der Waals surface area contributed by atoms with Gasteiger partial charge in [-0.2, -0.15) is 0 Å². The van der Waals surface area contributed by atoms with Crippen molar-refractivity contribution in [1.82, 2.24) is 4.90 Å². The lowest BCUT2D eigenvalue weighted by molar-refractivity contribution is -0.142. The quantitative estimate of drug-likeness (QED) is 0.625. The Morgan fingerprint density at radius 3 is 2.88 bits per heavy atom. The third-order valence-electron chi connectivity index (χ3n) is 6.18. The summed E-state index contributed by atoms with van der Waals surface area (Å²) in [7, 11) is 1.44. The minimum Gasteiger partial charge on any atom is -0.484 e. The average Bonchev–Trinajstić information content (AvgIpc) is 3.00. The zero-order chi connectivity index (χ0) is 17.0. The average molecular weight is 341 g/mol. The van der Waals surface area contributed by atoms with Crippen molar-refractivity contribution in [2.75, 3.05) is 20.2 Å². The van der Waals surface area contributed by atoms with E-state index in [9.17, 15) is 4.79 Å². The molecule has 3 aliphatic heterocycles. The fraction of sp³-hybridized carbons (Fsp3) is 0.550. The first-order valence-corrected chi connectivity index (χ1v) is 9.19. The van der Waals surface area contributed by atoms with Gasteiger partial charge in [0.25, 0.3) is 0 Å². The van der Waals surface area contributed by atoms with E-state index in [4.69, 9.17) is 14.2 Å². The van der Waals surface area contributed by atoms with E-state index in [1.165, 1.54) is 25.5 Å². The molecule has 1 aromatic rings. The van der Waals surface area contributed by atoms with E-state index in [1.807, 2.05) is 18.2 Å². The Morgan fingerprint density at radius 1 is 1.28 bits per heavy atom. The smallest absolute Gasteiger partial charge is 0.339 e. The van der Waals surface area contributed by atoms with Crippen LogP contribution in [0.4, 0.5) is 0 Å². The summed E-state index contributed by atoms with van der Waals surface area (Å²) >= 11 is 0. The number of rotatable bonds is 3. The largest absolute Gasteiger partial charge is 0.484 e. The number of likely N-dealkylation sites (tertiary alicyclic amines) is 1. The van der Waals surface area contributed by atoms with Gasteiger partial charge in [-0.3, -0.25) is 4.90 Å². The van der Waals surface area contributed by atoms with Crippen molar-refractivity contribution >= 4 is 12.0 Å². The van der Waals surface area contributed by atoms with Crippen LogP contribution in [0, 0.1) is 5.92 Å². The number of hydrogen-bond donors (Lipinski definition) is 0. The molecule has 3 heterocycles. The van der Waals surface area contributed by atoms with E-state index in [-0.39, 0.29) is 12.1 Å². The summed E-state index contributed by atoms with van der Waals surface area (Å²) in [6, 6.07) is 8.13. The summed E-state index contributed by atoms with van der Waals surface area (Å²) in [5.74, 6) is 1.09. The number of nitrogens with zero attached hydrogens (tertiary/aromatic N) is 1. The zero-order valence-electron chi connectivity index (χ0n) is 14.4. The Labute approximate surface area is 147 Å². The van der Waals surface area contributed by atoms with Crippen LogP contribution in [-0.4, -0.2) is 49.0 Å². The molecule has 1 aliphatic carbocycles. The lowest BCUT2D eigenvalue weighted by atomic mass is 9.93. The monoisotopic (exact) mass is 341 g/mol. The molecule has 1 aromatic carbocycles. The highest BCUT2D eigenvalue weighted by atomic mass is 16.7. The molecule has 1 saturated carbocycles. The van der Waals surface area contributed by atoms with Gasteiger partial charge in [-0.1, -0.05) is 31.0 Å². The molecule has 5 rings (SSSR count). The lowest BCUT2D eigenvalue weighted by Crippen LogP contribution is -2.46. The molecule has 25 heavy (non-hydrogen) atoms. The summed E-state index contributed by atoms with van der Waals surface area (Å²) in [6.45, 7) is 1.56. The maximum atomic E-state index is 12.2. The molecule has 3 atom stereocenters. The molecule has 0 aromatic heterocycles. The van der Waals surface area contributed by atoms with Crippen molar-refractivity contribution in [3.63, 3.8) is 0 Å². The second-order valence-electron chi connectivity index (χ2n) is 7.50. The van der Waals surface area contributed by atoms with Crippen LogP contribution in [0.5, 0.6) is 5.75 Å². The fourth-order valence-corrected chi connectivity index (χ4v) is 4.91. The lowest BCUT2D eigenvalue weighted by Gasteiger charge is -2.29. The van der Waals surface area contributed by atoms with E-state index in [0.29, 0.717) is 5.92 Å². The summed E-state index contributed by atoms with van der Waals surface area (Å²) < 4.78 is 17.3. The first kappa shape index (κ1) is 15.4. The molecular weight excluding hydrogens is 318 g/mol. The third kappa shape index (κ3) is 2.26. The molecule has 132 valence electrons. The Balaban J connectivity index is 1.43. The number of para-hydroxylation sites is 1. The van der Waals surface area contributed by atoms with Gasteiger partial charge < -0.3 is 14.2 Å². The number of methoxy groups -OCH3 is 1. The minimum absolute atomic E-state index is 0.0516. The number of benzene rings is 1. The highest BCUT2D eigenvalue weighted by Crippen LogP contribution is 2.54. The maximum Gasteiger partial charge on any atom is 0.339 e. The molecule has 0 bridgehead atoms. The molecule has 3 fully saturated rings. The standard InChI is InChI=1S/C20H23NO4/c1-23-19(22)18-20(25-18,15-7-3-4-8-15)21-11-14-10-13-6-2-5-9-16(13)24-17(14)12-21/h2,5-6,9-10,15,17-18H,3-4,7-8,11-12H2,1H3/t17?,18?,20-/m1/s1. The van der Waals surface area contributed by atoms with Crippen LogP contribution in [0.1, 0.15) is 31.2 Å². The SMILES string of the molecule is COC(=O)C1O[C@@]1(C1CCCC1)N1CC2=Cc3ccccc3OC2C1.